The maximum atomic E-state index is 9.49. The summed E-state index contributed by atoms with van der Waals surface area (Å²) in [6.45, 7) is 24.7. The van der Waals surface area contributed by atoms with Gasteiger partial charge in [0.25, 0.3) is 0 Å². The third kappa shape index (κ3) is 10.2. The van der Waals surface area contributed by atoms with Crippen molar-refractivity contribution < 1.29 is 0 Å². The first-order valence-electron chi connectivity index (χ1n) is 21.9. The highest BCUT2D eigenvalue weighted by atomic mass is 15.2. The van der Waals surface area contributed by atoms with E-state index in [1.54, 1.807) is 24.3 Å². The van der Waals surface area contributed by atoms with Crippen LogP contribution in [0.3, 0.4) is 0 Å². The molecule has 0 atom stereocenters. The Balaban J connectivity index is 0.000000878. The van der Waals surface area contributed by atoms with Crippen molar-refractivity contribution in [3.05, 3.63) is 203 Å². The van der Waals surface area contributed by atoms with E-state index in [2.05, 4.69) is 129 Å². The van der Waals surface area contributed by atoms with Gasteiger partial charge in [0.15, 0.2) is 17.5 Å². The highest BCUT2D eigenvalue weighted by molar-refractivity contribution is 5.93. The molecular formula is C56H60N6. The first kappa shape index (κ1) is 47.5. The van der Waals surface area contributed by atoms with Crippen molar-refractivity contribution in [1.82, 2.24) is 15.0 Å². The van der Waals surface area contributed by atoms with Crippen molar-refractivity contribution in [3.8, 4) is 34.9 Å². The summed E-state index contributed by atoms with van der Waals surface area (Å²) in [5, 5.41) is 19.0. The zero-order valence-electron chi connectivity index (χ0n) is 37.9. The van der Waals surface area contributed by atoms with Gasteiger partial charge in [-0.25, -0.2) is 15.0 Å². The Morgan fingerprint density at radius 2 is 1.03 bits per heavy atom. The number of nitrogens with zero attached hydrogens (tertiary/aromatic N) is 6. The normalized spacial score (nSPS) is 15.5. The fourth-order valence-electron chi connectivity index (χ4n) is 7.59. The summed E-state index contributed by atoms with van der Waals surface area (Å²) in [5.74, 6) is 1.43. The molecule has 3 heterocycles. The molecule has 1 aromatic heterocycles. The van der Waals surface area contributed by atoms with Crippen molar-refractivity contribution in [3.63, 3.8) is 0 Å². The summed E-state index contributed by atoms with van der Waals surface area (Å²) in [5.41, 5.74) is 10.5. The third-order valence-corrected chi connectivity index (χ3v) is 10.1. The lowest BCUT2D eigenvalue weighted by molar-refractivity contribution is 0.692. The van der Waals surface area contributed by atoms with Crippen molar-refractivity contribution in [2.45, 2.75) is 74.1 Å². The largest absolute Gasteiger partial charge is 0.363 e. The second kappa shape index (κ2) is 23.6. The Labute approximate surface area is 371 Å². The second-order valence-corrected chi connectivity index (χ2v) is 13.9. The quantitative estimate of drug-likeness (QED) is 0.161. The highest BCUT2D eigenvalue weighted by Crippen LogP contribution is 2.49. The van der Waals surface area contributed by atoms with Crippen LogP contribution in [0, 0.1) is 22.7 Å². The van der Waals surface area contributed by atoms with Crippen LogP contribution in [0.25, 0.3) is 33.9 Å². The lowest BCUT2D eigenvalue weighted by Gasteiger charge is -2.41. The van der Waals surface area contributed by atoms with Crippen molar-refractivity contribution in [2.24, 2.45) is 0 Å². The van der Waals surface area contributed by atoms with E-state index in [-0.39, 0.29) is 0 Å². The van der Waals surface area contributed by atoms with Gasteiger partial charge >= 0.3 is 0 Å². The first-order chi connectivity index (χ1) is 30.4. The van der Waals surface area contributed by atoms with Gasteiger partial charge in [-0.1, -0.05) is 153 Å². The number of benzene rings is 5. The smallest absolute Gasteiger partial charge is 0.164 e. The minimum atomic E-state index is -0.718. The third-order valence-electron chi connectivity index (χ3n) is 10.1. The van der Waals surface area contributed by atoms with Gasteiger partial charge in [0.1, 0.15) is 0 Å². The summed E-state index contributed by atoms with van der Waals surface area (Å²) in [7, 11) is 0. The van der Waals surface area contributed by atoms with Gasteiger partial charge in [0.2, 0.25) is 0 Å². The van der Waals surface area contributed by atoms with Crippen LogP contribution in [0.5, 0.6) is 0 Å². The SMILES string of the molecule is C=C1/C=C(c2nc(-c3ccc(C#N)cc3)nc(-c3ccc(C#N)cc3)n2)\C=C2/CN(C/C(=C\C)C1(c1ccccc1)c1ccccc1)c1ccccc12.CC.CC.CC.CCC. The molecule has 0 radical (unpaired) electrons. The summed E-state index contributed by atoms with van der Waals surface area (Å²) in [4.78, 5) is 17.6. The fourth-order valence-corrected chi connectivity index (χ4v) is 7.59. The zero-order chi connectivity index (χ0) is 45.1. The predicted octanol–water partition coefficient (Wildman–Crippen LogP) is 14.2. The molecule has 0 amide bonds. The lowest BCUT2D eigenvalue weighted by Crippen LogP contribution is -2.38. The van der Waals surface area contributed by atoms with Crippen LogP contribution in [-0.4, -0.2) is 28.0 Å². The number of rotatable bonds is 5. The molecule has 6 aromatic rings. The van der Waals surface area contributed by atoms with Crippen LogP contribution < -0.4 is 4.90 Å². The number of fused-ring (bicyclic) bond motifs is 5. The van der Waals surface area contributed by atoms with E-state index in [0.29, 0.717) is 41.7 Å². The average molecular weight is 817 g/mol. The van der Waals surface area contributed by atoms with Crippen molar-refractivity contribution in [2.75, 3.05) is 18.0 Å². The maximum absolute atomic E-state index is 9.49. The van der Waals surface area contributed by atoms with Crippen LogP contribution in [0.4, 0.5) is 5.69 Å². The minimum absolute atomic E-state index is 0.473. The molecule has 0 aliphatic carbocycles. The summed E-state index contributed by atoms with van der Waals surface area (Å²) in [6, 6.07) is 48.7. The standard InChI is InChI=1S/C47H34N6.C3H8.3C2H6/c1-3-39-31-53-30-38(42-16-10-11-17-43(42)53)27-37(26-32(2)47(39,40-12-6-4-7-13-40)41-14-8-5-9-15-41)46-51-44(35-22-18-33(28-48)19-23-35)50-45(52-46)36-24-20-34(29-49)21-25-36;1-3-2;3*1-2/h3-27H,2,30-31H2,1H3;3H2,1-2H3;3*1-2H3/b37-26+,38-27+,39-3+;;;;. The van der Waals surface area contributed by atoms with Gasteiger partial charge in [-0.15, -0.1) is 0 Å². The number of anilines is 1. The van der Waals surface area contributed by atoms with E-state index in [4.69, 9.17) is 21.5 Å². The van der Waals surface area contributed by atoms with Gasteiger partial charge in [0, 0.05) is 41.0 Å². The van der Waals surface area contributed by atoms with Gasteiger partial charge in [0.05, 0.1) is 28.7 Å². The van der Waals surface area contributed by atoms with Gasteiger partial charge in [-0.2, -0.15) is 10.5 Å². The molecule has 2 aliphatic rings. The Kier molecular flexibility index (Phi) is 18.1. The second-order valence-electron chi connectivity index (χ2n) is 13.9. The highest BCUT2D eigenvalue weighted by Gasteiger charge is 2.42. The van der Waals surface area contributed by atoms with Gasteiger partial charge in [-0.05, 0) is 102 Å². The number of hydrogen-bond acceptors (Lipinski definition) is 6. The zero-order valence-corrected chi connectivity index (χ0v) is 37.9. The Morgan fingerprint density at radius 3 is 1.48 bits per heavy atom. The predicted molar refractivity (Wildman–Crippen MR) is 261 cm³/mol. The van der Waals surface area contributed by atoms with Crippen LogP contribution in [-0.2, 0) is 5.41 Å². The number of para-hydroxylation sites is 1. The number of nitriles is 2. The van der Waals surface area contributed by atoms with E-state index < -0.39 is 5.41 Å². The van der Waals surface area contributed by atoms with Crippen LogP contribution >= 0.6 is 0 Å². The Hall–Kier alpha value is -7.15. The average Bonchev–Trinajstić information content (AvgIpc) is 3.69. The van der Waals surface area contributed by atoms with E-state index in [9.17, 15) is 10.5 Å². The molecule has 62 heavy (non-hydrogen) atoms. The fraction of sp³-hybridized carbons (Fsp3) is 0.232. The topological polar surface area (TPSA) is 89.5 Å². The first-order valence-corrected chi connectivity index (χ1v) is 21.9. The summed E-state index contributed by atoms with van der Waals surface area (Å²) >= 11 is 0. The van der Waals surface area contributed by atoms with Crippen molar-refractivity contribution in [1.29, 1.82) is 10.5 Å². The molecule has 0 N–H and O–H groups in total. The molecule has 2 bridgehead atoms. The van der Waals surface area contributed by atoms with E-state index in [1.165, 1.54) is 23.2 Å². The molecule has 0 saturated carbocycles. The van der Waals surface area contributed by atoms with E-state index in [0.717, 1.165) is 39.0 Å². The number of aromatic nitrogens is 3. The number of allylic oxidation sites excluding steroid dienone is 5. The van der Waals surface area contributed by atoms with E-state index in [1.807, 2.05) is 77.9 Å². The Morgan fingerprint density at radius 1 is 0.597 bits per heavy atom. The molecule has 5 aromatic carbocycles. The van der Waals surface area contributed by atoms with Gasteiger partial charge in [-0.3, -0.25) is 0 Å². The maximum Gasteiger partial charge on any atom is 0.164 e. The van der Waals surface area contributed by atoms with E-state index >= 15 is 0 Å². The summed E-state index contributed by atoms with van der Waals surface area (Å²) < 4.78 is 0. The van der Waals surface area contributed by atoms with Crippen LogP contribution in [0.15, 0.2) is 169 Å². The molecule has 0 unspecified atom stereocenters. The lowest BCUT2D eigenvalue weighted by atomic mass is 9.64. The molecule has 0 saturated heterocycles. The molecule has 314 valence electrons. The van der Waals surface area contributed by atoms with Crippen molar-refractivity contribution >= 4 is 16.8 Å². The molecule has 6 nitrogen and oxygen atoms in total. The molecule has 2 aliphatic heterocycles. The minimum Gasteiger partial charge on any atom is -0.363 e. The Bertz CT molecular complexity index is 2440. The van der Waals surface area contributed by atoms with Crippen LogP contribution in [0.1, 0.15) is 102 Å². The van der Waals surface area contributed by atoms with Gasteiger partial charge < -0.3 is 4.90 Å². The molecule has 0 fully saturated rings. The summed E-state index contributed by atoms with van der Waals surface area (Å²) in [6.07, 6.45) is 7.85. The monoisotopic (exact) mass is 816 g/mol. The number of hydrogen-bond donors (Lipinski definition) is 0. The molecule has 6 heteroatoms. The molecular weight excluding hydrogens is 757 g/mol. The molecule has 8 rings (SSSR count). The van der Waals surface area contributed by atoms with Crippen LogP contribution in [0.2, 0.25) is 0 Å². The molecule has 0 spiro atoms.